The molecule has 19 heteroatoms. The molecule has 0 aliphatic carbocycles. The number of hydrogen-bond acceptors (Lipinski definition) is 15. The zero-order valence-corrected chi connectivity index (χ0v) is 64.1. The standard InChI is InChI=1S/C77H146O17P2/c1-8-11-12-13-14-15-16-17-18-22-25-28-37-44-51-58-74(79)87-64-72(93-76(81)60-53-46-39-29-26-23-20-19-21-24-27-34-41-48-55-68(4)5)66-91-95(83,84)89-62-71(78)63-90-96(85,86)92-67-73(94-77(82)61-54-47-40-33-31-36-43-50-57-70(7)10-3)65-88-75(80)59-52-45-38-32-30-35-42-49-56-69(6)9-2/h15-18,68-73,78H,8-14,19-67H2,1-7H3,(H,83,84)(H,85,86)/b16-15-,18-17-/t69?,70?,71-,72-,73-/m1/s1. The molecule has 0 aliphatic heterocycles. The Balaban J connectivity index is 5.31. The first kappa shape index (κ1) is 93.5. The van der Waals surface area contributed by atoms with Crippen molar-refractivity contribution in [1.29, 1.82) is 0 Å². The maximum absolute atomic E-state index is 13.1. The van der Waals surface area contributed by atoms with Gasteiger partial charge in [-0.15, -0.1) is 0 Å². The van der Waals surface area contributed by atoms with E-state index in [4.69, 9.17) is 37.0 Å². The summed E-state index contributed by atoms with van der Waals surface area (Å²) in [5.74, 6) is 0.189. The van der Waals surface area contributed by atoms with Crippen LogP contribution in [0.25, 0.3) is 0 Å². The molecule has 0 aromatic carbocycles. The van der Waals surface area contributed by atoms with Gasteiger partial charge in [0.2, 0.25) is 0 Å². The Kier molecular flexibility index (Phi) is 65.3. The van der Waals surface area contributed by atoms with Gasteiger partial charge in [0.15, 0.2) is 12.2 Å². The van der Waals surface area contributed by atoms with E-state index < -0.39 is 97.5 Å². The van der Waals surface area contributed by atoms with Crippen molar-refractivity contribution in [3.05, 3.63) is 24.3 Å². The van der Waals surface area contributed by atoms with E-state index in [0.717, 1.165) is 127 Å². The summed E-state index contributed by atoms with van der Waals surface area (Å²) >= 11 is 0. The number of ether oxygens (including phenoxy) is 4. The zero-order valence-electron chi connectivity index (χ0n) is 62.3. The lowest BCUT2D eigenvalue weighted by molar-refractivity contribution is -0.161. The molecule has 7 atom stereocenters. The van der Waals surface area contributed by atoms with Crippen LogP contribution in [0.1, 0.15) is 370 Å². The summed E-state index contributed by atoms with van der Waals surface area (Å²) in [6.45, 7) is 11.9. The SMILES string of the molecule is CCCCCC/C=C\C=C/CCCCCCCC(=O)OC[C@H](COP(=O)(O)OC[C@@H](O)COP(=O)(O)OC[C@@H](COC(=O)CCCCCCCCCCC(C)CC)OC(=O)CCCCCCCCCCC(C)CC)OC(=O)CCCCCCCCCCCCCCCCC(C)C. The van der Waals surface area contributed by atoms with E-state index in [9.17, 15) is 43.2 Å². The van der Waals surface area contributed by atoms with E-state index in [2.05, 4.69) is 72.8 Å². The molecule has 0 fully saturated rings. The maximum Gasteiger partial charge on any atom is 0.472 e. The monoisotopic (exact) mass is 1410 g/mol. The highest BCUT2D eigenvalue weighted by atomic mass is 31.2. The number of phosphoric ester groups is 2. The number of allylic oxidation sites excluding steroid dienone is 4. The Morgan fingerprint density at radius 2 is 0.615 bits per heavy atom. The van der Waals surface area contributed by atoms with Crippen molar-refractivity contribution in [2.45, 2.75) is 388 Å². The van der Waals surface area contributed by atoms with Crippen molar-refractivity contribution in [2.24, 2.45) is 17.8 Å². The van der Waals surface area contributed by atoms with Gasteiger partial charge in [0.1, 0.15) is 19.3 Å². The molecule has 0 rings (SSSR count). The van der Waals surface area contributed by atoms with Gasteiger partial charge in [-0.25, -0.2) is 9.13 Å². The first-order valence-electron chi connectivity index (χ1n) is 39.2. The van der Waals surface area contributed by atoms with Gasteiger partial charge in [-0.1, -0.05) is 317 Å². The summed E-state index contributed by atoms with van der Waals surface area (Å²) in [5.41, 5.74) is 0. The molecule has 0 saturated heterocycles. The second-order valence-electron chi connectivity index (χ2n) is 28.0. The fourth-order valence-electron chi connectivity index (χ4n) is 11.2. The van der Waals surface area contributed by atoms with Crippen LogP contribution in [0.3, 0.4) is 0 Å². The van der Waals surface area contributed by atoms with E-state index >= 15 is 0 Å². The summed E-state index contributed by atoms with van der Waals surface area (Å²) in [4.78, 5) is 72.9. The van der Waals surface area contributed by atoms with E-state index in [-0.39, 0.29) is 25.7 Å². The number of phosphoric acid groups is 2. The van der Waals surface area contributed by atoms with Gasteiger partial charge in [-0.2, -0.15) is 0 Å². The second-order valence-corrected chi connectivity index (χ2v) is 30.9. The molecule has 0 aliphatic rings. The maximum atomic E-state index is 13.1. The summed E-state index contributed by atoms with van der Waals surface area (Å²) < 4.78 is 68.5. The van der Waals surface area contributed by atoms with Crippen LogP contribution in [0, 0.1) is 17.8 Å². The van der Waals surface area contributed by atoms with Gasteiger partial charge in [-0.3, -0.25) is 37.3 Å². The highest BCUT2D eigenvalue weighted by molar-refractivity contribution is 7.47. The minimum atomic E-state index is -4.97. The Morgan fingerprint density at radius 3 is 0.927 bits per heavy atom. The van der Waals surface area contributed by atoms with Crippen LogP contribution >= 0.6 is 15.6 Å². The molecule has 0 bridgehead atoms. The summed E-state index contributed by atoms with van der Waals surface area (Å²) in [6, 6.07) is 0. The third kappa shape index (κ3) is 67.4. The molecule has 4 unspecified atom stereocenters. The van der Waals surface area contributed by atoms with Gasteiger partial charge >= 0.3 is 39.5 Å². The second kappa shape index (κ2) is 67.1. The first-order valence-corrected chi connectivity index (χ1v) is 42.2. The molecule has 17 nitrogen and oxygen atoms in total. The van der Waals surface area contributed by atoms with Crippen LogP contribution in [0.2, 0.25) is 0 Å². The highest BCUT2D eigenvalue weighted by Gasteiger charge is 2.30. The number of carbonyl (C=O) groups is 4. The summed E-state index contributed by atoms with van der Waals surface area (Å²) in [5, 5.41) is 10.6. The lowest BCUT2D eigenvalue weighted by atomic mass is 9.99. The summed E-state index contributed by atoms with van der Waals surface area (Å²) in [6.07, 6.45) is 56.2. The first-order chi connectivity index (χ1) is 46.3. The molecular weight excluding hydrogens is 1260 g/mol. The van der Waals surface area contributed by atoms with Crippen LogP contribution in [0.15, 0.2) is 24.3 Å². The molecule has 3 N–H and O–H groups in total. The number of hydrogen-bond donors (Lipinski definition) is 3. The number of carbonyl (C=O) groups excluding carboxylic acids is 4. The van der Waals surface area contributed by atoms with Crippen molar-refractivity contribution in [2.75, 3.05) is 39.6 Å². The van der Waals surface area contributed by atoms with Gasteiger partial charge < -0.3 is 33.8 Å². The molecule has 96 heavy (non-hydrogen) atoms. The van der Waals surface area contributed by atoms with E-state index in [0.29, 0.717) is 25.7 Å². The minimum Gasteiger partial charge on any atom is -0.462 e. The van der Waals surface area contributed by atoms with Crippen LogP contribution in [-0.4, -0.2) is 96.7 Å². The van der Waals surface area contributed by atoms with Gasteiger partial charge in [0.25, 0.3) is 0 Å². The van der Waals surface area contributed by atoms with Gasteiger partial charge in [-0.05, 0) is 69.1 Å². The lowest BCUT2D eigenvalue weighted by Gasteiger charge is -2.21. The average Bonchev–Trinajstić information content (AvgIpc) is 1.29. The van der Waals surface area contributed by atoms with Crippen LogP contribution in [0.5, 0.6) is 0 Å². The van der Waals surface area contributed by atoms with E-state index in [1.165, 1.54) is 161 Å². The third-order valence-corrected chi connectivity index (χ3v) is 19.9. The van der Waals surface area contributed by atoms with Crippen LogP contribution in [-0.2, 0) is 65.4 Å². The number of esters is 4. The fraction of sp³-hybridized carbons (Fsp3) is 0.896. The molecule has 0 aromatic heterocycles. The largest absolute Gasteiger partial charge is 0.472 e. The predicted molar refractivity (Wildman–Crippen MR) is 390 cm³/mol. The molecule has 0 radical (unpaired) electrons. The average molecular weight is 1410 g/mol. The molecule has 0 aromatic rings. The molecule has 566 valence electrons. The zero-order chi connectivity index (χ0) is 70.9. The smallest absolute Gasteiger partial charge is 0.462 e. The molecule has 0 spiro atoms. The van der Waals surface area contributed by atoms with Crippen molar-refractivity contribution < 1.29 is 80.2 Å². The number of unbranched alkanes of at least 4 members (excludes halogenated alkanes) is 36. The van der Waals surface area contributed by atoms with Crippen molar-refractivity contribution >= 4 is 39.5 Å². The van der Waals surface area contributed by atoms with E-state index in [1.54, 1.807) is 0 Å². The van der Waals surface area contributed by atoms with E-state index in [1.807, 2.05) is 0 Å². The molecule has 0 heterocycles. The molecule has 0 saturated carbocycles. The Bertz CT molecular complexity index is 1970. The molecular formula is C77H146O17P2. The number of rotatable bonds is 73. The van der Waals surface area contributed by atoms with Crippen LogP contribution < -0.4 is 0 Å². The minimum absolute atomic E-state index is 0.100. The molecule has 0 amide bonds. The lowest BCUT2D eigenvalue weighted by Crippen LogP contribution is -2.30. The number of aliphatic hydroxyl groups is 1. The summed E-state index contributed by atoms with van der Waals surface area (Å²) in [7, 11) is -9.93. The van der Waals surface area contributed by atoms with Crippen LogP contribution in [0.4, 0.5) is 0 Å². The van der Waals surface area contributed by atoms with Gasteiger partial charge in [0.05, 0.1) is 26.4 Å². The predicted octanol–water partition coefficient (Wildman–Crippen LogP) is 22.1. The van der Waals surface area contributed by atoms with Crippen molar-refractivity contribution in [3.63, 3.8) is 0 Å². The fourth-order valence-corrected chi connectivity index (χ4v) is 12.8. The normalized spacial score (nSPS) is 14.8. The van der Waals surface area contributed by atoms with Gasteiger partial charge in [0, 0.05) is 25.7 Å². The highest BCUT2D eigenvalue weighted by Crippen LogP contribution is 2.45. The Hall–Kier alpha value is -2.46. The van der Waals surface area contributed by atoms with Crippen molar-refractivity contribution in [1.82, 2.24) is 0 Å². The Morgan fingerprint density at radius 1 is 0.344 bits per heavy atom. The third-order valence-electron chi connectivity index (χ3n) is 18.0. The van der Waals surface area contributed by atoms with Crippen molar-refractivity contribution in [3.8, 4) is 0 Å². The quantitative estimate of drug-likeness (QED) is 0.0169. The number of aliphatic hydroxyl groups excluding tert-OH is 1. The topological polar surface area (TPSA) is 237 Å². The Labute approximate surface area is 586 Å².